The molecule has 3 nitrogen and oxygen atoms in total. The summed E-state index contributed by atoms with van der Waals surface area (Å²) in [5, 5.41) is 3.93. The Kier molecular flexibility index (Phi) is 1.43. The van der Waals surface area contributed by atoms with Crippen molar-refractivity contribution in [2.24, 2.45) is 10.5 Å². The van der Waals surface area contributed by atoms with Crippen molar-refractivity contribution < 1.29 is 4.74 Å². The lowest BCUT2D eigenvalue weighted by atomic mass is 9.97. The van der Waals surface area contributed by atoms with E-state index in [0.717, 1.165) is 0 Å². The first-order valence-electron chi connectivity index (χ1n) is 3.21. The minimum Gasteiger partial charge on any atom is -0.424 e. The third-order valence-electron chi connectivity index (χ3n) is 1.14. The first-order chi connectivity index (χ1) is 4.50. The Bertz CT molecular complexity index is 188. The molecule has 56 valence electrons. The number of hydrogen-bond donors (Lipinski definition) is 1. The monoisotopic (exact) mass is 140 g/mol. The second-order valence-corrected chi connectivity index (χ2v) is 3.30. The summed E-state index contributed by atoms with van der Waals surface area (Å²) in [7, 11) is 0. The smallest absolute Gasteiger partial charge is 0.219 e. The van der Waals surface area contributed by atoms with Gasteiger partial charge in [0.1, 0.15) is 0 Å². The fourth-order valence-corrected chi connectivity index (χ4v) is 0.596. The third kappa shape index (κ3) is 1.29. The lowest BCUT2D eigenvalue weighted by Gasteiger charge is -2.15. The van der Waals surface area contributed by atoms with E-state index in [1.54, 1.807) is 0 Å². The largest absolute Gasteiger partial charge is 0.424 e. The Balaban J connectivity index is 2.69. The van der Waals surface area contributed by atoms with E-state index < -0.39 is 0 Å². The predicted octanol–water partition coefficient (Wildman–Crippen LogP) is 1.44. The molecule has 10 heavy (non-hydrogen) atoms. The highest BCUT2D eigenvalue weighted by Crippen LogP contribution is 2.20. The molecule has 1 rings (SSSR count). The zero-order chi connectivity index (χ0) is 7.78. The predicted molar refractivity (Wildman–Crippen MR) is 40.3 cm³/mol. The van der Waals surface area contributed by atoms with Gasteiger partial charge >= 0.3 is 0 Å². The van der Waals surface area contributed by atoms with Crippen molar-refractivity contribution in [3.05, 3.63) is 12.5 Å². The SMILES string of the molecule is C=C1NN=C(C(C)(C)C)O1. The molecule has 1 heterocycles. The van der Waals surface area contributed by atoms with Crippen molar-refractivity contribution in [3.63, 3.8) is 0 Å². The van der Waals surface area contributed by atoms with Crippen LogP contribution in [0.25, 0.3) is 0 Å². The maximum absolute atomic E-state index is 5.17. The molecular formula is C7H12N2O. The van der Waals surface area contributed by atoms with Crippen LogP contribution in [0.3, 0.4) is 0 Å². The van der Waals surface area contributed by atoms with Crippen molar-refractivity contribution in [2.45, 2.75) is 20.8 Å². The van der Waals surface area contributed by atoms with E-state index in [-0.39, 0.29) is 5.41 Å². The van der Waals surface area contributed by atoms with Gasteiger partial charge in [-0.05, 0) is 6.58 Å². The van der Waals surface area contributed by atoms with Gasteiger partial charge in [0, 0.05) is 5.41 Å². The first kappa shape index (κ1) is 7.12. The van der Waals surface area contributed by atoms with E-state index in [1.807, 2.05) is 20.8 Å². The topological polar surface area (TPSA) is 33.6 Å². The van der Waals surface area contributed by atoms with E-state index in [2.05, 4.69) is 17.1 Å². The van der Waals surface area contributed by atoms with Gasteiger partial charge < -0.3 is 4.74 Å². The average molecular weight is 140 g/mol. The molecule has 0 saturated carbocycles. The van der Waals surface area contributed by atoms with Crippen LogP contribution in [0.15, 0.2) is 17.6 Å². The van der Waals surface area contributed by atoms with E-state index in [1.165, 1.54) is 0 Å². The van der Waals surface area contributed by atoms with Gasteiger partial charge in [-0.1, -0.05) is 20.8 Å². The number of hydrazone groups is 1. The molecule has 0 unspecified atom stereocenters. The van der Waals surface area contributed by atoms with Crippen molar-refractivity contribution in [1.82, 2.24) is 5.43 Å². The van der Waals surface area contributed by atoms with Gasteiger partial charge in [-0.3, -0.25) is 0 Å². The van der Waals surface area contributed by atoms with Crippen molar-refractivity contribution in [3.8, 4) is 0 Å². The Labute approximate surface area is 60.8 Å². The van der Waals surface area contributed by atoms with E-state index >= 15 is 0 Å². The molecule has 1 N–H and O–H groups in total. The summed E-state index contributed by atoms with van der Waals surface area (Å²) in [6, 6.07) is 0. The van der Waals surface area contributed by atoms with Crippen LogP contribution in [-0.4, -0.2) is 5.90 Å². The molecule has 0 fully saturated rings. The molecular weight excluding hydrogens is 128 g/mol. The van der Waals surface area contributed by atoms with Gasteiger partial charge in [0.2, 0.25) is 11.8 Å². The normalized spacial score (nSPS) is 17.9. The van der Waals surface area contributed by atoms with Gasteiger partial charge in [0.05, 0.1) is 0 Å². The molecule has 0 saturated heterocycles. The molecule has 0 amide bonds. The molecule has 0 aromatic carbocycles. The number of ether oxygens (including phenoxy) is 1. The Morgan fingerprint density at radius 3 is 2.30 bits per heavy atom. The molecule has 0 spiro atoms. The lowest BCUT2D eigenvalue weighted by molar-refractivity contribution is 0.360. The summed E-state index contributed by atoms with van der Waals surface area (Å²) in [5.41, 5.74) is 2.61. The van der Waals surface area contributed by atoms with Crippen LogP contribution in [0.4, 0.5) is 0 Å². The van der Waals surface area contributed by atoms with E-state index in [4.69, 9.17) is 4.74 Å². The number of nitrogens with zero attached hydrogens (tertiary/aromatic N) is 1. The molecule has 0 aliphatic carbocycles. The van der Waals surface area contributed by atoms with Crippen LogP contribution >= 0.6 is 0 Å². The zero-order valence-electron chi connectivity index (χ0n) is 6.56. The third-order valence-corrected chi connectivity index (χ3v) is 1.14. The van der Waals surface area contributed by atoms with Gasteiger partial charge in [-0.2, -0.15) is 0 Å². The van der Waals surface area contributed by atoms with Crippen molar-refractivity contribution in [1.29, 1.82) is 0 Å². The highest BCUT2D eigenvalue weighted by Gasteiger charge is 2.25. The summed E-state index contributed by atoms with van der Waals surface area (Å²) >= 11 is 0. The molecule has 3 heteroatoms. The average Bonchev–Trinajstić information content (AvgIpc) is 2.11. The second-order valence-electron chi connectivity index (χ2n) is 3.30. The van der Waals surface area contributed by atoms with Crippen LogP contribution in [0.5, 0.6) is 0 Å². The van der Waals surface area contributed by atoms with Crippen molar-refractivity contribution >= 4 is 5.90 Å². The first-order valence-corrected chi connectivity index (χ1v) is 3.21. The maximum atomic E-state index is 5.17. The van der Waals surface area contributed by atoms with Crippen LogP contribution in [0.1, 0.15) is 20.8 Å². The minimum absolute atomic E-state index is 0.0353. The minimum atomic E-state index is -0.0353. The second kappa shape index (κ2) is 2.01. The Morgan fingerprint density at radius 2 is 2.10 bits per heavy atom. The quantitative estimate of drug-likeness (QED) is 0.552. The summed E-state index contributed by atoms with van der Waals surface area (Å²) < 4.78 is 5.17. The van der Waals surface area contributed by atoms with Gasteiger partial charge in [0.15, 0.2) is 0 Å². The van der Waals surface area contributed by atoms with E-state index in [0.29, 0.717) is 11.8 Å². The fourth-order valence-electron chi connectivity index (χ4n) is 0.596. The highest BCUT2D eigenvalue weighted by atomic mass is 16.5. The van der Waals surface area contributed by atoms with Crippen LogP contribution in [0.2, 0.25) is 0 Å². The molecule has 0 aromatic rings. The lowest BCUT2D eigenvalue weighted by Crippen LogP contribution is -2.19. The summed E-state index contributed by atoms with van der Waals surface area (Å²) in [6.07, 6.45) is 0. The van der Waals surface area contributed by atoms with Gasteiger partial charge in [-0.15, -0.1) is 5.10 Å². The molecule has 0 atom stereocenters. The number of hydrogen-bond acceptors (Lipinski definition) is 3. The standard InChI is InChI=1S/C7H12N2O/c1-5-8-9-6(10-5)7(2,3)4/h8H,1H2,2-4H3. The summed E-state index contributed by atoms with van der Waals surface area (Å²) in [6.45, 7) is 9.67. The molecule has 0 radical (unpaired) electrons. The number of nitrogens with one attached hydrogen (secondary N) is 1. The molecule has 0 aromatic heterocycles. The Hall–Kier alpha value is -0.990. The van der Waals surface area contributed by atoms with Crippen LogP contribution < -0.4 is 5.43 Å². The fraction of sp³-hybridized carbons (Fsp3) is 0.571. The molecule has 1 aliphatic rings. The zero-order valence-corrected chi connectivity index (χ0v) is 6.56. The summed E-state index contributed by atoms with van der Waals surface area (Å²) in [4.78, 5) is 0. The summed E-state index contributed by atoms with van der Waals surface area (Å²) in [5.74, 6) is 1.20. The molecule has 1 aliphatic heterocycles. The van der Waals surface area contributed by atoms with Gasteiger partial charge in [0.25, 0.3) is 0 Å². The van der Waals surface area contributed by atoms with Crippen LogP contribution in [0, 0.1) is 5.41 Å². The Morgan fingerprint density at radius 1 is 1.50 bits per heavy atom. The maximum Gasteiger partial charge on any atom is 0.219 e. The highest BCUT2D eigenvalue weighted by molar-refractivity contribution is 5.83. The number of rotatable bonds is 0. The molecule has 0 bridgehead atoms. The van der Waals surface area contributed by atoms with Gasteiger partial charge in [-0.25, -0.2) is 5.43 Å². The van der Waals surface area contributed by atoms with Crippen LogP contribution in [-0.2, 0) is 4.74 Å². The van der Waals surface area contributed by atoms with Crippen molar-refractivity contribution in [2.75, 3.05) is 0 Å². The van der Waals surface area contributed by atoms with E-state index in [9.17, 15) is 0 Å².